The molecule has 0 aromatic heterocycles. The fourth-order valence-electron chi connectivity index (χ4n) is 1.86. The molecule has 1 unspecified atom stereocenters. The number of fused-ring (bicyclic) bond motifs is 1. The molecule has 0 aliphatic rings. The Morgan fingerprint density at radius 1 is 1.19 bits per heavy atom. The predicted molar refractivity (Wildman–Crippen MR) is 65.7 cm³/mol. The van der Waals surface area contributed by atoms with Crippen molar-refractivity contribution in [3.05, 3.63) is 54.6 Å². The maximum absolute atomic E-state index is 9.83. The smallest absolute Gasteiger partial charge is 0.126 e. The number of hydrogen-bond donors (Lipinski definition) is 1. The molecule has 0 saturated heterocycles. The van der Waals surface area contributed by atoms with Gasteiger partial charge in [0, 0.05) is 5.39 Å². The summed E-state index contributed by atoms with van der Waals surface area (Å²) in [5.74, 6) is 0.815. The highest BCUT2D eigenvalue weighted by Gasteiger charge is 2.10. The number of aliphatic hydroxyl groups is 1. The summed E-state index contributed by atoms with van der Waals surface area (Å²) in [6.45, 7) is 3.61. The van der Waals surface area contributed by atoms with Gasteiger partial charge in [-0.3, -0.25) is 0 Å². The van der Waals surface area contributed by atoms with Crippen molar-refractivity contribution in [2.75, 3.05) is 7.11 Å². The van der Waals surface area contributed by atoms with Crippen molar-refractivity contribution in [2.45, 2.75) is 6.10 Å². The zero-order chi connectivity index (χ0) is 11.5. The summed E-state index contributed by atoms with van der Waals surface area (Å²) < 4.78 is 5.29. The first kappa shape index (κ1) is 10.7. The molecule has 2 heteroatoms. The topological polar surface area (TPSA) is 29.5 Å². The summed E-state index contributed by atoms with van der Waals surface area (Å²) in [6.07, 6.45) is 0.879. The monoisotopic (exact) mass is 214 g/mol. The van der Waals surface area contributed by atoms with Crippen LogP contribution < -0.4 is 4.74 Å². The summed E-state index contributed by atoms with van der Waals surface area (Å²) in [7, 11) is 1.64. The molecule has 1 atom stereocenters. The van der Waals surface area contributed by atoms with Crippen molar-refractivity contribution in [3.8, 4) is 5.75 Å². The zero-order valence-corrected chi connectivity index (χ0v) is 9.18. The van der Waals surface area contributed by atoms with E-state index in [1.807, 2.05) is 36.4 Å². The molecule has 0 bridgehead atoms. The van der Waals surface area contributed by atoms with Gasteiger partial charge in [0.15, 0.2) is 0 Å². The maximum Gasteiger partial charge on any atom is 0.126 e. The van der Waals surface area contributed by atoms with Crippen LogP contribution in [0.3, 0.4) is 0 Å². The van der Waals surface area contributed by atoms with E-state index in [1.165, 1.54) is 6.08 Å². The molecule has 0 amide bonds. The molecule has 0 radical (unpaired) electrons. The number of rotatable bonds is 3. The van der Waals surface area contributed by atoms with Crippen LogP contribution in [0.25, 0.3) is 10.8 Å². The van der Waals surface area contributed by atoms with Crippen LogP contribution in [0.1, 0.15) is 11.7 Å². The fraction of sp³-hybridized carbons (Fsp3) is 0.143. The van der Waals surface area contributed by atoms with Gasteiger partial charge in [-0.2, -0.15) is 0 Å². The van der Waals surface area contributed by atoms with E-state index in [4.69, 9.17) is 4.74 Å². The molecule has 0 spiro atoms. The molecule has 2 rings (SSSR count). The van der Waals surface area contributed by atoms with Crippen molar-refractivity contribution >= 4 is 10.8 Å². The molecule has 0 aliphatic heterocycles. The van der Waals surface area contributed by atoms with Crippen LogP contribution in [0.4, 0.5) is 0 Å². The predicted octanol–water partition coefficient (Wildman–Crippen LogP) is 3.07. The minimum atomic E-state index is -0.643. The van der Waals surface area contributed by atoms with E-state index in [0.717, 1.165) is 22.1 Å². The summed E-state index contributed by atoms with van der Waals surface area (Å²) in [5, 5.41) is 11.8. The minimum Gasteiger partial charge on any atom is -0.496 e. The lowest BCUT2D eigenvalue weighted by Crippen LogP contribution is -1.95. The van der Waals surface area contributed by atoms with E-state index in [-0.39, 0.29) is 0 Å². The van der Waals surface area contributed by atoms with E-state index in [1.54, 1.807) is 7.11 Å². The highest BCUT2D eigenvalue weighted by atomic mass is 16.5. The van der Waals surface area contributed by atoms with Gasteiger partial charge in [0.1, 0.15) is 5.75 Å². The van der Waals surface area contributed by atoms with Gasteiger partial charge in [0.2, 0.25) is 0 Å². The molecule has 0 fully saturated rings. The van der Waals surface area contributed by atoms with Gasteiger partial charge in [0.05, 0.1) is 13.2 Å². The maximum atomic E-state index is 9.83. The molecule has 0 aliphatic carbocycles. The molecule has 0 heterocycles. The van der Waals surface area contributed by atoms with E-state index in [9.17, 15) is 5.11 Å². The first-order chi connectivity index (χ1) is 7.77. The highest BCUT2D eigenvalue weighted by molar-refractivity contribution is 5.91. The number of benzene rings is 2. The molecular formula is C14H14O2. The third-order valence-corrected chi connectivity index (χ3v) is 2.68. The van der Waals surface area contributed by atoms with Crippen molar-refractivity contribution in [1.82, 2.24) is 0 Å². The standard InChI is InChI=1S/C14H14O2/c1-3-13(15)11-8-9-14(16-2)12-7-5-4-6-10(11)12/h3-9,13,15H,1H2,2H3. The average Bonchev–Trinajstić information content (AvgIpc) is 2.36. The van der Waals surface area contributed by atoms with Gasteiger partial charge < -0.3 is 9.84 Å². The second-order valence-electron chi connectivity index (χ2n) is 3.58. The van der Waals surface area contributed by atoms with Crippen molar-refractivity contribution < 1.29 is 9.84 Å². The fourth-order valence-corrected chi connectivity index (χ4v) is 1.86. The van der Waals surface area contributed by atoms with Crippen LogP contribution in [0.2, 0.25) is 0 Å². The SMILES string of the molecule is C=CC(O)c1ccc(OC)c2ccccc12. The van der Waals surface area contributed by atoms with Crippen molar-refractivity contribution in [3.63, 3.8) is 0 Å². The van der Waals surface area contributed by atoms with Gasteiger partial charge in [-0.25, -0.2) is 0 Å². The summed E-state index contributed by atoms with van der Waals surface area (Å²) in [6, 6.07) is 11.6. The number of methoxy groups -OCH3 is 1. The van der Waals surface area contributed by atoms with E-state index < -0.39 is 6.10 Å². The first-order valence-corrected chi connectivity index (χ1v) is 5.14. The largest absolute Gasteiger partial charge is 0.496 e. The van der Waals surface area contributed by atoms with Gasteiger partial charge in [-0.05, 0) is 17.0 Å². The van der Waals surface area contributed by atoms with E-state index >= 15 is 0 Å². The van der Waals surface area contributed by atoms with Gasteiger partial charge in [-0.1, -0.05) is 36.4 Å². The Morgan fingerprint density at radius 3 is 2.50 bits per heavy atom. The second kappa shape index (κ2) is 4.37. The summed E-state index contributed by atoms with van der Waals surface area (Å²) >= 11 is 0. The van der Waals surface area contributed by atoms with Gasteiger partial charge in [0.25, 0.3) is 0 Å². The average molecular weight is 214 g/mol. The minimum absolute atomic E-state index is 0.643. The quantitative estimate of drug-likeness (QED) is 0.796. The summed E-state index contributed by atoms with van der Waals surface area (Å²) in [5.41, 5.74) is 0.853. The van der Waals surface area contributed by atoms with Crippen molar-refractivity contribution in [2.24, 2.45) is 0 Å². The highest BCUT2D eigenvalue weighted by Crippen LogP contribution is 2.31. The first-order valence-electron chi connectivity index (χ1n) is 5.14. The molecule has 1 N–H and O–H groups in total. The van der Waals surface area contributed by atoms with Crippen LogP contribution in [0, 0.1) is 0 Å². The van der Waals surface area contributed by atoms with Crippen LogP contribution in [0.15, 0.2) is 49.1 Å². The lowest BCUT2D eigenvalue weighted by Gasteiger charge is -2.12. The lowest BCUT2D eigenvalue weighted by atomic mass is 10.00. The molecule has 82 valence electrons. The molecular weight excluding hydrogens is 200 g/mol. The summed E-state index contributed by atoms with van der Waals surface area (Å²) in [4.78, 5) is 0. The Bertz CT molecular complexity index is 517. The van der Waals surface area contributed by atoms with Crippen LogP contribution >= 0.6 is 0 Å². The van der Waals surface area contributed by atoms with Crippen molar-refractivity contribution in [1.29, 1.82) is 0 Å². The van der Waals surface area contributed by atoms with Gasteiger partial charge in [-0.15, -0.1) is 6.58 Å². The zero-order valence-electron chi connectivity index (χ0n) is 9.18. The second-order valence-corrected chi connectivity index (χ2v) is 3.58. The third-order valence-electron chi connectivity index (χ3n) is 2.68. The lowest BCUT2D eigenvalue weighted by molar-refractivity contribution is 0.230. The Morgan fingerprint density at radius 2 is 1.88 bits per heavy atom. The molecule has 2 aromatic rings. The molecule has 2 nitrogen and oxygen atoms in total. The number of hydrogen-bond acceptors (Lipinski definition) is 2. The molecule has 2 aromatic carbocycles. The molecule has 16 heavy (non-hydrogen) atoms. The Kier molecular flexibility index (Phi) is 2.93. The number of aliphatic hydroxyl groups excluding tert-OH is 1. The van der Waals surface area contributed by atoms with Crippen LogP contribution in [-0.4, -0.2) is 12.2 Å². The molecule has 0 saturated carbocycles. The Hall–Kier alpha value is -1.80. The van der Waals surface area contributed by atoms with Crippen LogP contribution in [-0.2, 0) is 0 Å². The normalized spacial score (nSPS) is 12.4. The van der Waals surface area contributed by atoms with E-state index in [0.29, 0.717) is 0 Å². The Labute approximate surface area is 94.8 Å². The van der Waals surface area contributed by atoms with Gasteiger partial charge >= 0.3 is 0 Å². The van der Waals surface area contributed by atoms with Crippen LogP contribution in [0.5, 0.6) is 5.75 Å². The third kappa shape index (κ3) is 1.68. The number of ether oxygens (including phenoxy) is 1. The Balaban J connectivity index is 2.74. The van der Waals surface area contributed by atoms with E-state index in [2.05, 4.69) is 6.58 Å².